The van der Waals surface area contributed by atoms with Crippen molar-refractivity contribution in [3.63, 3.8) is 0 Å². The second-order valence-corrected chi connectivity index (χ2v) is 4.58. The molecule has 0 saturated carbocycles. The number of aromatic nitrogens is 2. The van der Waals surface area contributed by atoms with E-state index in [2.05, 4.69) is 16.9 Å². The van der Waals surface area contributed by atoms with Crippen molar-refractivity contribution < 1.29 is 4.74 Å². The van der Waals surface area contributed by atoms with Gasteiger partial charge in [0.1, 0.15) is 5.82 Å². The molecule has 2 heterocycles. The molecule has 1 fully saturated rings. The molecule has 1 aromatic rings. The second-order valence-electron chi connectivity index (χ2n) is 4.58. The van der Waals surface area contributed by atoms with Crippen molar-refractivity contribution >= 4 is 0 Å². The van der Waals surface area contributed by atoms with Gasteiger partial charge in [-0.15, -0.1) is 0 Å². The number of hydrogen-bond donors (Lipinski definition) is 1. The standard InChI is InChI=1S/C12H19N3O/c1-9(13)12(3-5-16-6-4-12)11-7-14-10(2)15-8-11/h7-9H,3-6,13H2,1-2H3/t9-/m1/s1. The molecule has 4 nitrogen and oxygen atoms in total. The number of ether oxygens (including phenoxy) is 1. The number of aryl methyl sites for hydroxylation is 1. The first-order valence-corrected chi connectivity index (χ1v) is 5.77. The van der Waals surface area contributed by atoms with Crippen molar-refractivity contribution in [1.82, 2.24) is 9.97 Å². The van der Waals surface area contributed by atoms with Gasteiger partial charge < -0.3 is 10.5 Å². The van der Waals surface area contributed by atoms with Crippen LogP contribution >= 0.6 is 0 Å². The normalized spacial score (nSPS) is 21.7. The predicted octanol–water partition coefficient (Wildman–Crippen LogP) is 1.18. The van der Waals surface area contributed by atoms with Crippen molar-refractivity contribution in [2.45, 2.75) is 38.1 Å². The summed E-state index contributed by atoms with van der Waals surface area (Å²) in [5.74, 6) is 0.802. The summed E-state index contributed by atoms with van der Waals surface area (Å²) in [5, 5.41) is 0. The van der Waals surface area contributed by atoms with Crippen molar-refractivity contribution in [3.05, 3.63) is 23.8 Å². The van der Waals surface area contributed by atoms with Gasteiger partial charge in [-0.1, -0.05) is 0 Å². The molecule has 1 aliphatic rings. The van der Waals surface area contributed by atoms with Crippen LogP contribution in [0.15, 0.2) is 12.4 Å². The zero-order chi connectivity index (χ0) is 11.6. The van der Waals surface area contributed by atoms with Gasteiger partial charge in [-0.05, 0) is 32.3 Å². The molecule has 88 valence electrons. The summed E-state index contributed by atoms with van der Waals surface area (Å²) in [6, 6.07) is 0.0997. The van der Waals surface area contributed by atoms with E-state index < -0.39 is 0 Å². The molecule has 0 bridgehead atoms. The van der Waals surface area contributed by atoms with Crippen molar-refractivity contribution in [2.75, 3.05) is 13.2 Å². The molecule has 0 unspecified atom stereocenters. The minimum atomic E-state index is -0.00799. The molecule has 1 atom stereocenters. The Kier molecular flexibility index (Phi) is 3.21. The third-order valence-electron chi connectivity index (χ3n) is 3.61. The summed E-state index contributed by atoms with van der Waals surface area (Å²) in [4.78, 5) is 8.55. The highest BCUT2D eigenvalue weighted by atomic mass is 16.5. The number of rotatable bonds is 2. The number of hydrogen-bond acceptors (Lipinski definition) is 4. The van der Waals surface area contributed by atoms with Crippen molar-refractivity contribution in [3.8, 4) is 0 Å². The Balaban J connectivity index is 2.34. The van der Waals surface area contributed by atoms with Gasteiger partial charge in [0, 0.05) is 37.1 Å². The van der Waals surface area contributed by atoms with Gasteiger partial charge in [0.2, 0.25) is 0 Å². The largest absolute Gasteiger partial charge is 0.381 e. The minimum absolute atomic E-state index is 0.00799. The van der Waals surface area contributed by atoms with E-state index in [9.17, 15) is 0 Å². The van der Waals surface area contributed by atoms with Crippen LogP contribution in [0.2, 0.25) is 0 Å². The lowest BCUT2D eigenvalue weighted by molar-refractivity contribution is 0.0420. The van der Waals surface area contributed by atoms with E-state index in [1.165, 1.54) is 0 Å². The van der Waals surface area contributed by atoms with Crippen LogP contribution in [0.4, 0.5) is 0 Å². The Bertz CT molecular complexity index is 342. The fraction of sp³-hybridized carbons (Fsp3) is 0.667. The van der Waals surface area contributed by atoms with Crippen LogP contribution in [0.3, 0.4) is 0 Å². The number of nitrogens with two attached hydrogens (primary N) is 1. The van der Waals surface area contributed by atoms with Gasteiger partial charge in [0.15, 0.2) is 0 Å². The van der Waals surface area contributed by atoms with Crippen LogP contribution in [0.5, 0.6) is 0 Å². The lowest BCUT2D eigenvalue weighted by Gasteiger charge is -2.40. The molecule has 0 aromatic carbocycles. The first-order chi connectivity index (χ1) is 7.65. The van der Waals surface area contributed by atoms with E-state index in [1.807, 2.05) is 19.3 Å². The monoisotopic (exact) mass is 221 g/mol. The van der Waals surface area contributed by atoms with E-state index >= 15 is 0 Å². The Morgan fingerprint density at radius 2 is 1.88 bits per heavy atom. The van der Waals surface area contributed by atoms with E-state index in [1.54, 1.807) is 0 Å². The highest BCUT2D eigenvalue weighted by Crippen LogP contribution is 2.36. The summed E-state index contributed by atoms with van der Waals surface area (Å²) < 4.78 is 5.42. The fourth-order valence-corrected chi connectivity index (χ4v) is 2.39. The molecule has 16 heavy (non-hydrogen) atoms. The minimum Gasteiger partial charge on any atom is -0.381 e. The molecular weight excluding hydrogens is 202 g/mol. The van der Waals surface area contributed by atoms with Gasteiger partial charge in [-0.25, -0.2) is 9.97 Å². The first-order valence-electron chi connectivity index (χ1n) is 5.77. The smallest absolute Gasteiger partial charge is 0.125 e. The molecule has 1 aliphatic heterocycles. The van der Waals surface area contributed by atoms with Crippen LogP contribution in [-0.4, -0.2) is 29.2 Å². The zero-order valence-corrected chi connectivity index (χ0v) is 9.94. The van der Waals surface area contributed by atoms with Gasteiger partial charge in [-0.3, -0.25) is 0 Å². The zero-order valence-electron chi connectivity index (χ0n) is 9.94. The molecule has 2 N–H and O–H groups in total. The Labute approximate surface area is 96.2 Å². The van der Waals surface area contributed by atoms with Gasteiger partial charge in [-0.2, -0.15) is 0 Å². The molecule has 4 heteroatoms. The molecule has 1 saturated heterocycles. The maximum atomic E-state index is 6.16. The van der Waals surface area contributed by atoms with Gasteiger partial charge in [0.25, 0.3) is 0 Å². The summed E-state index contributed by atoms with van der Waals surface area (Å²) in [6.07, 6.45) is 5.74. The summed E-state index contributed by atoms with van der Waals surface area (Å²) in [5.41, 5.74) is 7.30. The van der Waals surface area contributed by atoms with Crippen LogP contribution < -0.4 is 5.73 Å². The molecule has 1 aromatic heterocycles. The van der Waals surface area contributed by atoms with Crippen LogP contribution in [0.25, 0.3) is 0 Å². The van der Waals surface area contributed by atoms with Crippen LogP contribution in [0.1, 0.15) is 31.2 Å². The van der Waals surface area contributed by atoms with E-state index in [0.717, 1.165) is 37.4 Å². The number of nitrogens with zero attached hydrogens (tertiary/aromatic N) is 2. The SMILES string of the molecule is Cc1ncc(C2([C@@H](C)N)CCOCC2)cn1. The average molecular weight is 221 g/mol. The van der Waals surface area contributed by atoms with Gasteiger partial charge >= 0.3 is 0 Å². The third-order valence-corrected chi connectivity index (χ3v) is 3.61. The third kappa shape index (κ3) is 1.95. The van der Waals surface area contributed by atoms with E-state index in [4.69, 9.17) is 10.5 Å². The Morgan fingerprint density at radius 1 is 1.31 bits per heavy atom. The molecule has 0 radical (unpaired) electrons. The topological polar surface area (TPSA) is 61.0 Å². The molecular formula is C12H19N3O. The average Bonchev–Trinajstić information content (AvgIpc) is 2.30. The van der Waals surface area contributed by atoms with Crippen molar-refractivity contribution in [1.29, 1.82) is 0 Å². The highest BCUT2D eigenvalue weighted by molar-refractivity contribution is 5.23. The summed E-state index contributed by atoms with van der Waals surface area (Å²) >= 11 is 0. The maximum Gasteiger partial charge on any atom is 0.125 e. The lowest BCUT2D eigenvalue weighted by Crippen LogP contribution is -2.47. The van der Waals surface area contributed by atoms with Crippen LogP contribution in [-0.2, 0) is 10.2 Å². The molecule has 0 amide bonds. The molecule has 0 spiro atoms. The highest BCUT2D eigenvalue weighted by Gasteiger charge is 2.38. The molecule has 0 aliphatic carbocycles. The Hall–Kier alpha value is -1.00. The fourth-order valence-electron chi connectivity index (χ4n) is 2.39. The van der Waals surface area contributed by atoms with Crippen molar-refractivity contribution in [2.24, 2.45) is 5.73 Å². The maximum absolute atomic E-state index is 6.16. The van der Waals surface area contributed by atoms with E-state index in [0.29, 0.717) is 0 Å². The quantitative estimate of drug-likeness (QED) is 0.814. The molecule has 2 rings (SSSR count). The van der Waals surface area contributed by atoms with Gasteiger partial charge in [0.05, 0.1) is 0 Å². The van der Waals surface area contributed by atoms with E-state index in [-0.39, 0.29) is 11.5 Å². The summed E-state index contributed by atoms with van der Waals surface area (Å²) in [7, 11) is 0. The Morgan fingerprint density at radius 3 is 2.38 bits per heavy atom. The first kappa shape index (κ1) is 11.5. The van der Waals surface area contributed by atoms with Crippen LogP contribution in [0, 0.1) is 6.92 Å². The second kappa shape index (κ2) is 4.47. The summed E-state index contributed by atoms with van der Waals surface area (Å²) in [6.45, 7) is 5.50. The predicted molar refractivity (Wildman–Crippen MR) is 62.1 cm³/mol. The lowest BCUT2D eigenvalue weighted by atomic mass is 9.70.